The van der Waals surface area contributed by atoms with Crippen molar-refractivity contribution in [2.75, 3.05) is 31.6 Å². The molecule has 0 aromatic heterocycles. The molecule has 0 aliphatic heterocycles. The molecule has 1 aromatic rings. The highest BCUT2D eigenvalue weighted by Gasteiger charge is 2.05. The van der Waals surface area contributed by atoms with Crippen LogP contribution in [-0.4, -0.2) is 26.7 Å². The summed E-state index contributed by atoms with van der Waals surface area (Å²) in [5, 5.41) is 0. The third-order valence-electron chi connectivity index (χ3n) is 2.54. The van der Waals surface area contributed by atoms with Crippen molar-refractivity contribution in [1.29, 1.82) is 0 Å². The quantitative estimate of drug-likeness (QED) is 0.769. The van der Waals surface area contributed by atoms with Crippen LogP contribution in [0.25, 0.3) is 0 Å². The lowest BCUT2D eigenvalue weighted by atomic mass is 10.2. The van der Waals surface area contributed by atoms with Gasteiger partial charge in [-0.1, -0.05) is 13.0 Å². The number of hydrogen-bond donors (Lipinski definition) is 1. The maximum atomic E-state index is 5.56. The Bertz CT molecular complexity index is 302. The molecule has 90 valence electrons. The van der Waals surface area contributed by atoms with Crippen molar-refractivity contribution in [3.8, 4) is 5.75 Å². The largest absolute Gasteiger partial charge is 0.497 e. The molecule has 0 aliphatic rings. The third-order valence-corrected chi connectivity index (χ3v) is 2.54. The van der Waals surface area contributed by atoms with Crippen molar-refractivity contribution < 1.29 is 4.74 Å². The summed E-state index contributed by atoms with van der Waals surface area (Å²) < 4.78 is 5.24. The zero-order chi connectivity index (χ0) is 11.8. The second-order valence-electron chi connectivity index (χ2n) is 3.83. The van der Waals surface area contributed by atoms with Gasteiger partial charge in [0.25, 0.3) is 0 Å². The molecule has 16 heavy (non-hydrogen) atoms. The molecule has 3 nitrogen and oxygen atoms in total. The van der Waals surface area contributed by atoms with Gasteiger partial charge in [0.2, 0.25) is 0 Å². The summed E-state index contributed by atoms with van der Waals surface area (Å²) in [6, 6.07) is 8.19. The molecule has 0 amide bonds. The van der Waals surface area contributed by atoms with E-state index in [0.717, 1.165) is 38.2 Å². The van der Waals surface area contributed by atoms with Crippen LogP contribution in [0.1, 0.15) is 19.8 Å². The third kappa shape index (κ3) is 3.74. The minimum Gasteiger partial charge on any atom is -0.497 e. The zero-order valence-corrected chi connectivity index (χ0v) is 10.3. The number of ether oxygens (including phenoxy) is 1. The fraction of sp³-hybridized carbons (Fsp3) is 0.538. The van der Waals surface area contributed by atoms with E-state index in [2.05, 4.69) is 24.0 Å². The Morgan fingerprint density at radius 2 is 2.12 bits per heavy atom. The van der Waals surface area contributed by atoms with Gasteiger partial charge in [-0.3, -0.25) is 0 Å². The molecule has 0 heterocycles. The molecule has 0 aliphatic carbocycles. The zero-order valence-electron chi connectivity index (χ0n) is 10.3. The van der Waals surface area contributed by atoms with E-state index < -0.39 is 0 Å². The number of rotatable bonds is 7. The van der Waals surface area contributed by atoms with Crippen molar-refractivity contribution in [3.05, 3.63) is 24.3 Å². The van der Waals surface area contributed by atoms with Gasteiger partial charge in [-0.15, -0.1) is 0 Å². The smallest absolute Gasteiger partial charge is 0.120 e. The highest BCUT2D eigenvalue weighted by Crippen LogP contribution is 2.21. The Kier molecular flexibility index (Phi) is 5.72. The van der Waals surface area contributed by atoms with Crippen molar-refractivity contribution in [3.63, 3.8) is 0 Å². The van der Waals surface area contributed by atoms with Crippen LogP contribution < -0.4 is 15.4 Å². The van der Waals surface area contributed by atoms with Crippen LogP contribution in [0.3, 0.4) is 0 Å². The van der Waals surface area contributed by atoms with Crippen LogP contribution in [0.2, 0.25) is 0 Å². The lowest BCUT2D eigenvalue weighted by molar-refractivity contribution is 0.414. The summed E-state index contributed by atoms with van der Waals surface area (Å²) in [5.41, 5.74) is 6.77. The van der Waals surface area contributed by atoms with E-state index in [1.54, 1.807) is 7.11 Å². The predicted molar refractivity (Wildman–Crippen MR) is 69.2 cm³/mol. The van der Waals surface area contributed by atoms with Crippen molar-refractivity contribution >= 4 is 5.69 Å². The van der Waals surface area contributed by atoms with Gasteiger partial charge < -0.3 is 15.4 Å². The van der Waals surface area contributed by atoms with Crippen LogP contribution in [0.5, 0.6) is 5.75 Å². The molecule has 0 radical (unpaired) electrons. The van der Waals surface area contributed by atoms with E-state index in [-0.39, 0.29) is 0 Å². The second-order valence-corrected chi connectivity index (χ2v) is 3.83. The van der Waals surface area contributed by atoms with Gasteiger partial charge in [-0.25, -0.2) is 0 Å². The Labute approximate surface area is 98.2 Å². The maximum Gasteiger partial charge on any atom is 0.120 e. The van der Waals surface area contributed by atoms with Gasteiger partial charge in [0.05, 0.1) is 7.11 Å². The number of benzene rings is 1. The van der Waals surface area contributed by atoms with Gasteiger partial charge in [-0.05, 0) is 31.5 Å². The standard InChI is InChI=1S/C13H22N2O/c1-3-9-15(10-5-8-14)12-6-4-7-13(11-12)16-2/h4,6-7,11H,3,5,8-10,14H2,1-2H3. The van der Waals surface area contributed by atoms with Crippen molar-refractivity contribution in [1.82, 2.24) is 0 Å². The van der Waals surface area contributed by atoms with Crippen molar-refractivity contribution in [2.24, 2.45) is 5.73 Å². The Hall–Kier alpha value is -1.22. The summed E-state index contributed by atoms with van der Waals surface area (Å²) in [4.78, 5) is 2.36. The summed E-state index contributed by atoms with van der Waals surface area (Å²) >= 11 is 0. The van der Waals surface area contributed by atoms with Crippen molar-refractivity contribution in [2.45, 2.75) is 19.8 Å². The first-order valence-corrected chi connectivity index (χ1v) is 5.91. The fourth-order valence-corrected chi connectivity index (χ4v) is 1.73. The number of methoxy groups -OCH3 is 1. The minimum atomic E-state index is 0.740. The van der Waals surface area contributed by atoms with Crippen LogP contribution in [0, 0.1) is 0 Å². The molecule has 1 aromatic carbocycles. The first kappa shape index (κ1) is 12.8. The Morgan fingerprint density at radius 3 is 2.75 bits per heavy atom. The van der Waals surface area contributed by atoms with E-state index >= 15 is 0 Å². The molecule has 0 saturated carbocycles. The average Bonchev–Trinajstić information content (AvgIpc) is 2.34. The molecule has 0 unspecified atom stereocenters. The summed E-state index contributed by atoms with van der Waals surface area (Å²) in [7, 11) is 1.70. The Morgan fingerprint density at radius 1 is 1.31 bits per heavy atom. The minimum absolute atomic E-state index is 0.740. The van der Waals surface area contributed by atoms with E-state index in [0.29, 0.717) is 0 Å². The number of nitrogens with two attached hydrogens (primary N) is 1. The number of nitrogens with zero attached hydrogens (tertiary/aromatic N) is 1. The molecule has 0 fully saturated rings. The van der Waals surface area contributed by atoms with Crippen LogP contribution >= 0.6 is 0 Å². The van der Waals surface area contributed by atoms with Crippen LogP contribution in [0.4, 0.5) is 5.69 Å². The lowest BCUT2D eigenvalue weighted by Crippen LogP contribution is -2.26. The second kappa shape index (κ2) is 7.12. The molecule has 1 rings (SSSR count). The van der Waals surface area contributed by atoms with Gasteiger partial charge in [0.15, 0.2) is 0 Å². The number of hydrogen-bond acceptors (Lipinski definition) is 3. The maximum absolute atomic E-state index is 5.56. The topological polar surface area (TPSA) is 38.5 Å². The summed E-state index contributed by atoms with van der Waals surface area (Å²) in [6.45, 7) is 5.00. The van der Waals surface area contributed by atoms with E-state index in [1.807, 2.05) is 12.1 Å². The van der Waals surface area contributed by atoms with Gasteiger partial charge in [-0.2, -0.15) is 0 Å². The van der Waals surface area contributed by atoms with E-state index in [1.165, 1.54) is 5.69 Å². The Balaban J connectivity index is 2.73. The molecule has 3 heteroatoms. The highest BCUT2D eigenvalue weighted by atomic mass is 16.5. The molecular formula is C13H22N2O. The summed E-state index contributed by atoms with van der Waals surface area (Å²) in [6.07, 6.45) is 2.17. The molecular weight excluding hydrogens is 200 g/mol. The van der Waals surface area contributed by atoms with E-state index in [4.69, 9.17) is 10.5 Å². The van der Waals surface area contributed by atoms with Gasteiger partial charge in [0.1, 0.15) is 5.75 Å². The highest BCUT2D eigenvalue weighted by molar-refractivity contribution is 5.50. The lowest BCUT2D eigenvalue weighted by Gasteiger charge is -2.24. The molecule has 0 atom stereocenters. The predicted octanol–water partition coefficient (Wildman–Crippen LogP) is 2.26. The monoisotopic (exact) mass is 222 g/mol. The van der Waals surface area contributed by atoms with Gasteiger partial charge in [0, 0.05) is 24.8 Å². The van der Waals surface area contributed by atoms with Crippen LogP contribution in [0.15, 0.2) is 24.3 Å². The fourth-order valence-electron chi connectivity index (χ4n) is 1.73. The first-order valence-electron chi connectivity index (χ1n) is 5.91. The summed E-state index contributed by atoms with van der Waals surface area (Å²) in [5.74, 6) is 0.909. The van der Waals surface area contributed by atoms with Crippen LogP contribution in [-0.2, 0) is 0 Å². The molecule has 2 N–H and O–H groups in total. The molecule has 0 spiro atoms. The first-order chi connectivity index (χ1) is 7.81. The normalized spacial score (nSPS) is 10.2. The molecule has 0 saturated heterocycles. The molecule has 0 bridgehead atoms. The average molecular weight is 222 g/mol. The SMILES string of the molecule is CCCN(CCCN)c1cccc(OC)c1. The van der Waals surface area contributed by atoms with Gasteiger partial charge >= 0.3 is 0 Å². The van der Waals surface area contributed by atoms with E-state index in [9.17, 15) is 0 Å². The number of anilines is 1.